The Morgan fingerprint density at radius 2 is 2.11 bits per heavy atom. The van der Waals surface area contributed by atoms with Crippen LogP contribution < -0.4 is 0 Å². The molecule has 2 aromatic rings. The lowest BCUT2D eigenvalue weighted by Crippen LogP contribution is -2.14. The first-order valence-corrected chi connectivity index (χ1v) is 7.14. The van der Waals surface area contributed by atoms with Crippen molar-refractivity contribution in [2.24, 2.45) is 7.05 Å². The molecule has 0 N–H and O–H groups in total. The smallest absolute Gasteiger partial charge is 0.158 e. The molecule has 2 aromatic heterocycles. The Hall–Kier alpha value is -1.07. The molecule has 2 rings (SSSR count). The normalized spacial score (nSPS) is 11.9. The third-order valence-electron chi connectivity index (χ3n) is 3.05. The first-order chi connectivity index (χ1) is 9.04. The van der Waals surface area contributed by atoms with Crippen LogP contribution in [-0.2, 0) is 24.8 Å². The maximum atomic E-state index is 5.86. The summed E-state index contributed by atoms with van der Waals surface area (Å²) in [4.78, 5) is 4.66. The summed E-state index contributed by atoms with van der Waals surface area (Å²) in [5.41, 5.74) is 2.97. The van der Waals surface area contributed by atoms with Crippen LogP contribution in [0.15, 0.2) is 0 Å². The van der Waals surface area contributed by atoms with Gasteiger partial charge in [0.1, 0.15) is 11.3 Å². The van der Waals surface area contributed by atoms with Crippen LogP contribution in [-0.4, -0.2) is 37.9 Å². The molecule has 106 valence electrons. The van der Waals surface area contributed by atoms with Gasteiger partial charge in [-0.1, -0.05) is 0 Å². The summed E-state index contributed by atoms with van der Waals surface area (Å²) < 4.78 is 9.68. The van der Waals surface area contributed by atoms with Gasteiger partial charge >= 0.3 is 0 Å². The molecule has 6 heteroatoms. The van der Waals surface area contributed by atoms with E-state index in [0.29, 0.717) is 12.5 Å². The van der Waals surface area contributed by atoms with Gasteiger partial charge in [-0.25, -0.2) is 4.98 Å². The molecule has 0 aromatic carbocycles. The Labute approximate surface area is 118 Å². The van der Waals surface area contributed by atoms with Gasteiger partial charge in [0.2, 0.25) is 0 Å². The average Bonchev–Trinajstić information content (AvgIpc) is 2.80. The van der Waals surface area contributed by atoms with E-state index in [0.717, 1.165) is 35.6 Å². The van der Waals surface area contributed by atoms with Crippen molar-refractivity contribution in [1.29, 1.82) is 0 Å². The van der Waals surface area contributed by atoms with Gasteiger partial charge in [-0.15, -0.1) is 11.6 Å². The summed E-state index contributed by atoms with van der Waals surface area (Å²) in [5.74, 6) is 1.58. The Bertz CT molecular complexity index is 558. The predicted octanol–water partition coefficient (Wildman–Crippen LogP) is 2.28. The van der Waals surface area contributed by atoms with Crippen LogP contribution in [0.4, 0.5) is 0 Å². The molecule has 0 aliphatic carbocycles. The fourth-order valence-corrected chi connectivity index (χ4v) is 2.44. The van der Waals surface area contributed by atoms with Crippen molar-refractivity contribution < 1.29 is 4.74 Å². The second-order valence-corrected chi connectivity index (χ2v) is 5.30. The molecule has 0 fully saturated rings. The lowest BCUT2D eigenvalue weighted by molar-refractivity contribution is 0.0727. The number of aromatic nitrogens is 4. The average molecular weight is 285 g/mol. The van der Waals surface area contributed by atoms with Crippen LogP contribution >= 0.6 is 11.6 Å². The first kappa shape index (κ1) is 14.3. The van der Waals surface area contributed by atoms with Crippen LogP contribution in [0.25, 0.3) is 11.2 Å². The number of imidazole rings is 1. The van der Waals surface area contributed by atoms with E-state index in [9.17, 15) is 0 Å². The van der Waals surface area contributed by atoms with Crippen molar-refractivity contribution in [3.05, 3.63) is 11.5 Å². The zero-order valence-corrected chi connectivity index (χ0v) is 12.7. The van der Waals surface area contributed by atoms with Crippen LogP contribution in [0.3, 0.4) is 0 Å². The van der Waals surface area contributed by atoms with E-state index < -0.39 is 0 Å². The second kappa shape index (κ2) is 5.92. The van der Waals surface area contributed by atoms with Gasteiger partial charge in [0, 0.05) is 25.9 Å². The Balaban J connectivity index is 2.34. The number of halogens is 1. The maximum Gasteiger partial charge on any atom is 0.158 e. The van der Waals surface area contributed by atoms with E-state index in [4.69, 9.17) is 16.3 Å². The van der Waals surface area contributed by atoms with E-state index in [2.05, 4.69) is 14.6 Å². The first-order valence-electron chi connectivity index (χ1n) is 6.60. The monoisotopic (exact) mass is 284 g/mol. The number of hydrogen-bond acceptors (Lipinski definition) is 3. The second-order valence-electron chi connectivity index (χ2n) is 4.92. The highest BCUT2D eigenvalue weighted by Gasteiger charge is 2.16. The summed E-state index contributed by atoms with van der Waals surface area (Å²) >= 11 is 5.86. The number of fused-ring (bicyclic) bond motifs is 1. The van der Waals surface area contributed by atoms with E-state index in [1.165, 1.54) is 0 Å². The molecule has 2 heterocycles. The number of hydrogen-bond donors (Lipinski definition) is 0. The fraction of sp³-hybridized carbons (Fsp3) is 0.692. The van der Waals surface area contributed by atoms with E-state index in [-0.39, 0.29) is 6.10 Å². The molecule has 0 amide bonds. The van der Waals surface area contributed by atoms with Crippen molar-refractivity contribution in [1.82, 2.24) is 19.3 Å². The molecule has 0 unspecified atom stereocenters. The Kier molecular flexibility index (Phi) is 4.47. The molecule has 0 saturated carbocycles. The molecule has 5 nitrogen and oxygen atoms in total. The number of aryl methyl sites for hydroxylation is 3. The highest BCUT2D eigenvalue weighted by Crippen LogP contribution is 2.19. The van der Waals surface area contributed by atoms with E-state index >= 15 is 0 Å². The zero-order valence-electron chi connectivity index (χ0n) is 12.0. The maximum absolute atomic E-state index is 5.86. The van der Waals surface area contributed by atoms with Crippen molar-refractivity contribution in [3.8, 4) is 0 Å². The quantitative estimate of drug-likeness (QED) is 0.765. The molecule has 0 atom stereocenters. The van der Waals surface area contributed by atoms with Crippen LogP contribution in [0.5, 0.6) is 0 Å². The number of alkyl halides is 1. The fourth-order valence-electron chi connectivity index (χ4n) is 2.27. The van der Waals surface area contributed by atoms with E-state index in [1.807, 2.05) is 32.5 Å². The van der Waals surface area contributed by atoms with Crippen molar-refractivity contribution in [2.75, 3.05) is 12.5 Å². The van der Waals surface area contributed by atoms with Crippen molar-refractivity contribution in [3.63, 3.8) is 0 Å². The van der Waals surface area contributed by atoms with Gasteiger partial charge in [0.05, 0.1) is 18.4 Å². The molecule has 0 saturated heterocycles. The lowest BCUT2D eigenvalue weighted by atomic mass is 10.4. The van der Waals surface area contributed by atoms with Gasteiger partial charge < -0.3 is 9.30 Å². The minimum atomic E-state index is 0.240. The zero-order chi connectivity index (χ0) is 14.0. The molecular formula is C13H21ClN4O. The summed E-state index contributed by atoms with van der Waals surface area (Å²) in [7, 11) is 1.95. The van der Waals surface area contributed by atoms with E-state index in [1.54, 1.807) is 0 Å². The highest BCUT2D eigenvalue weighted by atomic mass is 35.5. The molecule has 0 bridgehead atoms. The minimum Gasteiger partial charge on any atom is -0.377 e. The third-order valence-corrected chi connectivity index (χ3v) is 3.24. The highest BCUT2D eigenvalue weighted by molar-refractivity contribution is 6.17. The van der Waals surface area contributed by atoms with Gasteiger partial charge in [-0.05, 0) is 20.8 Å². The minimum absolute atomic E-state index is 0.240. The lowest BCUT2D eigenvalue weighted by Gasteiger charge is -2.11. The molecular weight excluding hydrogens is 264 g/mol. The molecule has 0 spiro atoms. The predicted molar refractivity (Wildman–Crippen MR) is 76.7 cm³/mol. The van der Waals surface area contributed by atoms with Gasteiger partial charge in [0.15, 0.2) is 5.65 Å². The van der Waals surface area contributed by atoms with Crippen LogP contribution in [0.1, 0.15) is 25.4 Å². The van der Waals surface area contributed by atoms with Gasteiger partial charge in [-0.2, -0.15) is 5.10 Å². The number of rotatable bonds is 6. The third kappa shape index (κ3) is 2.92. The topological polar surface area (TPSA) is 44.9 Å². The van der Waals surface area contributed by atoms with Crippen LogP contribution in [0.2, 0.25) is 0 Å². The molecule has 0 aliphatic rings. The molecule has 0 radical (unpaired) electrons. The Morgan fingerprint density at radius 1 is 1.37 bits per heavy atom. The SMILES string of the molecule is Cc1nn(C)c2c1nc(CCCl)n2CCOC(C)C. The Morgan fingerprint density at radius 3 is 2.74 bits per heavy atom. The molecule has 19 heavy (non-hydrogen) atoms. The van der Waals surface area contributed by atoms with Gasteiger partial charge in [-0.3, -0.25) is 4.68 Å². The van der Waals surface area contributed by atoms with Gasteiger partial charge in [0.25, 0.3) is 0 Å². The summed E-state index contributed by atoms with van der Waals surface area (Å²) in [5, 5.41) is 4.41. The standard InChI is InChI=1S/C13H21ClN4O/c1-9(2)19-8-7-18-11(5-6-14)15-12-10(3)16-17(4)13(12)18/h9H,5-8H2,1-4H3. The van der Waals surface area contributed by atoms with Crippen molar-refractivity contribution >= 4 is 22.8 Å². The number of ether oxygens (including phenoxy) is 1. The summed E-state index contributed by atoms with van der Waals surface area (Å²) in [6, 6.07) is 0. The van der Waals surface area contributed by atoms with Crippen molar-refractivity contribution in [2.45, 2.75) is 39.8 Å². The summed E-state index contributed by atoms with van der Waals surface area (Å²) in [6.45, 7) is 7.51. The largest absolute Gasteiger partial charge is 0.377 e. The number of nitrogens with zero attached hydrogens (tertiary/aromatic N) is 4. The molecule has 0 aliphatic heterocycles. The van der Waals surface area contributed by atoms with Crippen LogP contribution in [0, 0.1) is 6.92 Å². The summed E-state index contributed by atoms with van der Waals surface area (Å²) in [6.07, 6.45) is 1.00.